The molecule has 0 spiro atoms. The molecule has 148 valence electrons. The van der Waals surface area contributed by atoms with Crippen LogP contribution in [0.5, 0.6) is 11.5 Å². The zero-order valence-electron chi connectivity index (χ0n) is 15.5. The van der Waals surface area contributed by atoms with Gasteiger partial charge in [0, 0.05) is 35.7 Å². The van der Waals surface area contributed by atoms with E-state index in [0.29, 0.717) is 46.9 Å². The number of fused-ring (bicyclic) bond motifs is 2. The van der Waals surface area contributed by atoms with E-state index >= 15 is 0 Å². The molecule has 0 bridgehead atoms. The molecule has 0 atom stereocenters. The summed E-state index contributed by atoms with van der Waals surface area (Å²) in [6.45, 7) is 2.14. The molecular weight excluding hydrogens is 378 g/mol. The van der Waals surface area contributed by atoms with Crippen LogP contribution in [0.15, 0.2) is 51.7 Å². The maximum absolute atomic E-state index is 12.4. The van der Waals surface area contributed by atoms with Crippen LogP contribution in [0.25, 0.3) is 11.0 Å². The van der Waals surface area contributed by atoms with Crippen molar-refractivity contribution in [1.29, 1.82) is 0 Å². The summed E-state index contributed by atoms with van der Waals surface area (Å²) in [6.07, 6.45) is 0. The summed E-state index contributed by atoms with van der Waals surface area (Å²) in [5.41, 5.74) is 1.02. The Morgan fingerprint density at radius 2 is 1.83 bits per heavy atom. The molecule has 1 aromatic heterocycles. The number of benzene rings is 2. The van der Waals surface area contributed by atoms with Crippen LogP contribution in [0.2, 0.25) is 0 Å². The van der Waals surface area contributed by atoms with E-state index in [1.165, 1.54) is 13.0 Å². The van der Waals surface area contributed by atoms with Gasteiger partial charge in [0.25, 0.3) is 0 Å². The van der Waals surface area contributed by atoms with E-state index in [0.717, 1.165) is 0 Å². The van der Waals surface area contributed by atoms with Crippen LogP contribution in [-0.4, -0.2) is 25.1 Å². The third-order valence-corrected chi connectivity index (χ3v) is 4.29. The number of ether oxygens (including phenoxy) is 3. The van der Waals surface area contributed by atoms with Gasteiger partial charge in [-0.1, -0.05) is 0 Å². The Morgan fingerprint density at radius 3 is 2.62 bits per heavy atom. The first kappa shape index (κ1) is 18.5. The zero-order chi connectivity index (χ0) is 20.4. The van der Waals surface area contributed by atoms with Crippen LogP contribution in [0, 0.1) is 0 Å². The fourth-order valence-electron chi connectivity index (χ4n) is 3.03. The van der Waals surface area contributed by atoms with Crippen molar-refractivity contribution in [2.24, 2.45) is 0 Å². The van der Waals surface area contributed by atoms with Crippen molar-refractivity contribution < 1.29 is 28.2 Å². The lowest BCUT2D eigenvalue weighted by Crippen LogP contribution is -2.16. The maximum atomic E-state index is 12.4. The summed E-state index contributed by atoms with van der Waals surface area (Å²) in [7, 11) is 0. The molecule has 8 nitrogen and oxygen atoms in total. The van der Waals surface area contributed by atoms with E-state index in [4.69, 9.17) is 18.6 Å². The van der Waals surface area contributed by atoms with Gasteiger partial charge in [-0.05, 0) is 30.3 Å². The second kappa shape index (κ2) is 7.67. The monoisotopic (exact) mass is 395 g/mol. The average Bonchev–Trinajstić information content (AvgIpc) is 2.70. The molecule has 1 N–H and O–H groups in total. The van der Waals surface area contributed by atoms with E-state index < -0.39 is 11.6 Å². The van der Waals surface area contributed by atoms with Crippen molar-refractivity contribution in [2.75, 3.05) is 18.5 Å². The molecule has 0 saturated carbocycles. The first-order chi connectivity index (χ1) is 14.0. The summed E-state index contributed by atoms with van der Waals surface area (Å²) in [6, 6.07) is 11.0. The van der Waals surface area contributed by atoms with E-state index in [1.807, 2.05) is 0 Å². The van der Waals surface area contributed by atoms with Crippen molar-refractivity contribution in [2.45, 2.75) is 13.5 Å². The van der Waals surface area contributed by atoms with Crippen LogP contribution in [0.4, 0.5) is 5.69 Å². The molecular formula is C21H17NO7. The van der Waals surface area contributed by atoms with Crippen molar-refractivity contribution in [1.82, 2.24) is 0 Å². The predicted octanol–water partition coefficient (Wildman–Crippen LogP) is 2.88. The number of rotatable bonds is 4. The summed E-state index contributed by atoms with van der Waals surface area (Å²) in [4.78, 5) is 35.5. The summed E-state index contributed by atoms with van der Waals surface area (Å²) in [5.74, 6) is 0.269. The van der Waals surface area contributed by atoms with Crippen LogP contribution in [-0.2, 0) is 16.1 Å². The number of carbonyl (C=O) groups excluding carboxylic acids is 2. The van der Waals surface area contributed by atoms with Crippen LogP contribution in [0.1, 0.15) is 22.8 Å². The van der Waals surface area contributed by atoms with Crippen LogP contribution < -0.4 is 20.4 Å². The fourth-order valence-corrected chi connectivity index (χ4v) is 3.03. The minimum atomic E-state index is -0.581. The third-order valence-electron chi connectivity index (χ3n) is 4.29. The van der Waals surface area contributed by atoms with Crippen LogP contribution >= 0.6 is 0 Å². The maximum Gasteiger partial charge on any atom is 0.338 e. The van der Waals surface area contributed by atoms with Gasteiger partial charge in [0.05, 0.1) is 5.56 Å². The lowest BCUT2D eigenvalue weighted by atomic mass is 10.1. The van der Waals surface area contributed by atoms with E-state index in [9.17, 15) is 14.4 Å². The van der Waals surface area contributed by atoms with Gasteiger partial charge in [-0.25, -0.2) is 9.59 Å². The van der Waals surface area contributed by atoms with Gasteiger partial charge in [0.2, 0.25) is 5.91 Å². The molecule has 4 rings (SSSR count). The minimum absolute atomic E-state index is 0.116. The predicted molar refractivity (Wildman–Crippen MR) is 103 cm³/mol. The molecule has 0 radical (unpaired) electrons. The Labute approximate surface area is 165 Å². The Hall–Kier alpha value is -3.81. The summed E-state index contributed by atoms with van der Waals surface area (Å²) >= 11 is 0. The number of anilines is 1. The van der Waals surface area contributed by atoms with Crippen molar-refractivity contribution in [3.05, 3.63) is 64.0 Å². The molecule has 1 aliphatic heterocycles. The number of nitrogens with one attached hydrogen (secondary N) is 1. The topological polar surface area (TPSA) is 104 Å². The Balaban J connectivity index is 1.55. The number of esters is 1. The lowest BCUT2D eigenvalue weighted by molar-refractivity contribution is -0.114. The molecule has 29 heavy (non-hydrogen) atoms. The summed E-state index contributed by atoms with van der Waals surface area (Å²) in [5, 5.41) is 3.23. The third kappa shape index (κ3) is 4.06. The number of carbonyl (C=O) groups is 2. The highest BCUT2D eigenvalue weighted by molar-refractivity contribution is 5.93. The Morgan fingerprint density at radius 1 is 1.03 bits per heavy atom. The first-order valence-electron chi connectivity index (χ1n) is 8.91. The standard InChI is InChI=1S/C21H17NO7/c1-12(23)22-15-3-4-16-14(9-20(24)29-18(16)10-15)11-28-21(25)13-2-5-17-19(8-13)27-7-6-26-17/h2-5,8-10H,6-7,11H2,1H3,(H,22,23). The molecule has 0 fully saturated rings. The quantitative estimate of drug-likeness (QED) is 0.535. The van der Waals surface area contributed by atoms with Gasteiger partial charge in [0.15, 0.2) is 11.5 Å². The van der Waals surface area contributed by atoms with E-state index in [-0.39, 0.29) is 18.1 Å². The first-order valence-corrected chi connectivity index (χ1v) is 8.91. The van der Waals surface area contributed by atoms with Gasteiger partial charge in [-0.2, -0.15) is 0 Å². The zero-order valence-corrected chi connectivity index (χ0v) is 15.5. The SMILES string of the molecule is CC(=O)Nc1ccc2c(COC(=O)c3ccc4c(c3)OCCO4)cc(=O)oc2c1. The largest absolute Gasteiger partial charge is 0.486 e. The van der Waals surface area contributed by atoms with Crippen molar-refractivity contribution in [3.63, 3.8) is 0 Å². The van der Waals surface area contributed by atoms with Gasteiger partial charge >= 0.3 is 11.6 Å². The molecule has 1 aliphatic rings. The molecule has 2 heterocycles. The van der Waals surface area contributed by atoms with Gasteiger partial charge in [-0.3, -0.25) is 4.79 Å². The van der Waals surface area contributed by atoms with Gasteiger partial charge < -0.3 is 23.9 Å². The normalized spacial score (nSPS) is 12.4. The molecule has 0 aliphatic carbocycles. The molecule has 2 aromatic carbocycles. The highest BCUT2D eigenvalue weighted by atomic mass is 16.6. The summed E-state index contributed by atoms with van der Waals surface area (Å²) < 4.78 is 21.5. The van der Waals surface area contributed by atoms with Crippen LogP contribution in [0.3, 0.4) is 0 Å². The lowest BCUT2D eigenvalue weighted by Gasteiger charge is -2.18. The molecule has 3 aromatic rings. The molecule has 0 unspecified atom stereocenters. The average molecular weight is 395 g/mol. The van der Waals surface area contributed by atoms with Crippen molar-refractivity contribution in [3.8, 4) is 11.5 Å². The second-order valence-electron chi connectivity index (χ2n) is 6.42. The minimum Gasteiger partial charge on any atom is -0.486 e. The van der Waals surface area contributed by atoms with E-state index in [2.05, 4.69) is 5.32 Å². The Kier molecular flexibility index (Phi) is 4.90. The van der Waals surface area contributed by atoms with Gasteiger partial charge in [-0.15, -0.1) is 0 Å². The van der Waals surface area contributed by atoms with Crippen molar-refractivity contribution >= 4 is 28.5 Å². The smallest absolute Gasteiger partial charge is 0.338 e. The van der Waals surface area contributed by atoms with E-state index in [1.54, 1.807) is 36.4 Å². The number of hydrogen-bond acceptors (Lipinski definition) is 7. The Bertz CT molecular complexity index is 1170. The highest BCUT2D eigenvalue weighted by Crippen LogP contribution is 2.31. The molecule has 1 amide bonds. The highest BCUT2D eigenvalue weighted by Gasteiger charge is 2.16. The number of hydrogen-bond donors (Lipinski definition) is 1. The molecule has 8 heteroatoms. The fraction of sp³-hybridized carbons (Fsp3) is 0.190. The molecule has 0 saturated heterocycles. The van der Waals surface area contributed by atoms with Gasteiger partial charge in [0.1, 0.15) is 25.4 Å². The second-order valence-corrected chi connectivity index (χ2v) is 6.42. The number of amides is 1.